The van der Waals surface area contributed by atoms with Crippen molar-refractivity contribution in [2.45, 2.75) is 32.3 Å². The second-order valence-electron chi connectivity index (χ2n) is 4.39. The summed E-state index contributed by atoms with van der Waals surface area (Å²) in [6.07, 6.45) is 2.13. The van der Waals surface area contributed by atoms with Crippen LogP contribution in [0.5, 0.6) is 0 Å². The van der Waals surface area contributed by atoms with Crippen LogP contribution in [0.1, 0.15) is 26.7 Å². The molecule has 0 spiro atoms. The van der Waals surface area contributed by atoms with E-state index in [1.54, 1.807) is 0 Å². The van der Waals surface area contributed by atoms with Crippen LogP contribution >= 0.6 is 0 Å². The van der Waals surface area contributed by atoms with E-state index in [-0.39, 0.29) is 5.92 Å². The summed E-state index contributed by atoms with van der Waals surface area (Å²) in [5.74, 6) is 0.600. The molecule has 1 fully saturated rings. The van der Waals surface area contributed by atoms with Crippen LogP contribution < -0.4 is 11.1 Å². The molecular weight excluding hydrogens is 164 g/mol. The SMILES string of the molecule is CC(CN)C(C)(O)C1CCNCC1. The lowest BCUT2D eigenvalue weighted by atomic mass is 9.75. The molecule has 1 saturated heterocycles. The molecule has 0 aromatic heterocycles. The lowest BCUT2D eigenvalue weighted by Crippen LogP contribution is -2.48. The van der Waals surface area contributed by atoms with Crippen molar-refractivity contribution < 1.29 is 5.11 Å². The van der Waals surface area contributed by atoms with Gasteiger partial charge in [0.2, 0.25) is 0 Å². The van der Waals surface area contributed by atoms with E-state index in [4.69, 9.17) is 5.73 Å². The number of nitrogens with one attached hydrogen (secondary N) is 1. The van der Waals surface area contributed by atoms with Crippen LogP contribution in [0.3, 0.4) is 0 Å². The Kier molecular flexibility index (Phi) is 3.71. The first-order valence-corrected chi connectivity index (χ1v) is 5.22. The third-order valence-electron chi connectivity index (χ3n) is 3.52. The highest BCUT2D eigenvalue weighted by atomic mass is 16.3. The van der Waals surface area contributed by atoms with Crippen LogP contribution in [-0.2, 0) is 0 Å². The molecule has 13 heavy (non-hydrogen) atoms. The molecule has 3 nitrogen and oxygen atoms in total. The second-order valence-corrected chi connectivity index (χ2v) is 4.39. The van der Waals surface area contributed by atoms with E-state index in [0.717, 1.165) is 25.9 Å². The van der Waals surface area contributed by atoms with Gasteiger partial charge in [-0.25, -0.2) is 0 Å². The van der Waals surface area contributed by atoms with Crippen molar-refractivity contribution in [1.82, 2.24) is 5.32 Å². The smallest absolute Gasteiger partial charge is 0.0686 e. The van der Waals surface area contributed by atoms with Crippen LogP contribution in [0, 0.1) is 11.8 Å². The fourth-order valence-corrected chi connectivity index (χ4v) is 2.05. The van der Waals surface area contributed by atoms with Crippen molar-refractivity contribution in [3.63, 3.8) is 0 Å². The Balaban J connectivity index is 2.55. The highest BCUT2D eigenvalue weighted by molar-refractivity contribution is 4.89. The molecule has 1 aliphatic heterocycles. The average Bonchev–Trinajstić information content (AvgIpc) is 2.18. The number of hydrogen-bond donors (Lipinski definition) is 3. The lowest BCUT2D eigenvalue weighted by molar-refractivity contribution is -0.0548. The van der Waals surface area contributed by atoms with Crippen LogP contribution in [0.2, 0.25) is 0 Å². The van der Waals surface area contributed by atoms with Crippen molar-refractivity contribution in [3.05, 3.63) is 0 Å². The molecule has 0 amide bonds. The molecule has 78 valence electrons. The molecular formula is C10H22N2O. The normalized spacial score (nSPS) is 26.8. The quantitative estimate of drug-likeness (QED) is 0.595. The van der Waals surface area contributed by atoms with Gasteiger partial charge < -0.3 is 16.2 Å². The molecule has 1 heterocycles. The maximum absolute atomic E-state index is 10.3. The van der Waals surface area contributed by atoms with Crippen LogP contribution in [0.25, 0.3) is 0 Å². The van der Waals surface area contributed by atoms with Crippen molar-refractivity contribution in [3.8, 4) is 0 Å². The van der Waals surface area contributed by atoms with Gasteiger partial charge in [-0.15, -0.1) is 0 Å². The first kappa shape index (κ1) is 11.0. The molecule has 2 atom stereocenters. The lowest BCUT2D eigenvalue weighted by Gasteiger charge is -2.39. The topological polar surface area (TPSA) is 58.3 Å². The largest absolute Gasteiger partial charge is 0.390 e. The van der Waals surface area contributed by atoms with Gasteiger partial charge >= 0.3 is 0 Å². The van der Waals surface area contributed by atoms with Gasteiger partial charge in [0.25, 0.3) is 0 Å². The predicted molar refractivity (Wildman–Crippen MR) is 54.4 cm³/mol. The van der Waals surface area contributed by atoms with Gasteiger partial charge in [0.05, 0.1) is 5.60 Å². The fourth-order valence-electron chi connectivity index (χ4n) is 2.05. The third-order valence-corrected chi connectivity index (χ3v) is 3.52. The molecule has 1 rings (SSSR count). The highest BCUT2D eigenvalue weighted by Crippen LogP contribution is 2.31. The average molecular weight is 186 g/mol. The molecule has 3 heteroatoms. The van der Waals surface area contributed by atoms with Gasteiger partial charge in [-0.3, -0.25) is 0 Å². The molecule has 1 aliphatic rings. The van der Waals surface area contributed by atoms with Crippen LogP contribution in [-0.4, -0.2) is 30.3 Å². The molecule has 4 N–H and O–H groups in total. The number of nitrogens with two attached hydrogens (primary N) is 1. The van der Waals surface area contributed by atoms with Crippen molar-refractivity contribution in [1.29, 1.82) is 0 Å². The zero-order chi connectivity index (χ0) is 9.90. The third kappa shape index (κ3) is 2.42. The van der Waals surface area contributed by atoms with E-state index in [9.17, 15) is 5.11 Å². The molecule has 0 bridgehead atoms. The second kappa shape index (κ2) is 4.40. The Morgan fingerprint density at radius 1 is 1.54 bits per heavy atom. The van der Waals surface area contributed by atoms with Gasteiger partial charge in [-0.05, 0) is 51.2 Å². The number of hydrogen-bond acceptors (Lipinski definition) is 3. The minimum absolute atomic E-state index is 0.190. The zero-order valence-electron chi connectivity index (χ0n) is 8.71. The van der Waals surface area contributed by atoms with E-state index in [2.05, 4.69) is 5.32 Å². The minimum Gasteiger partial charge on any atom is -0.390 e. The summed E-state index contributed by atoms with van der Waals surface area (Å²) in [6.45, 7) is 6.58. The van der Waals surface area contributed by atoms with Crippen LogP contribution in [0.4, 0.5) is 0 Å². The van der Waals surface area contributed by atoms with Gasteiger partial charge in [0.1, 0.15) is 0 Å². The number of piperidine rings is 1. The standard InChI is InChI=1S/C10H22N2O/c1-8(7-11)10(2,13)9-3-5-12-6-4-9/h8-9,12-13H,3-7,11H2,1-2H3. The molecule has 0 aromatic carbocycles. The Morgan fingerprint density at radius 2 is 2.08 bits per heavy atom. The summed E-state index contributed by atoms with van der Waals surface area (Å²) in [5, 5.41) is 13.6. The summed E-state index contributed by atoms with van der Waals surface area (Å²) < 4.78 is 0. The van der Waals surface area contributed by atoms with Crippen molar-refractivity contribution >= 4 is 0 Å². The summed E-state index contributed by atoms with van der Waals surface area (Å²) >= 11 is 0. The van der Waals surface area contributed by atoms with Gasteiger partial charge in [-0.1, -0.05) is 6.92 Å². The van der Waals surface area contributed by atoms with E-state index in [0.29, 0.717) is 12.5 Å². The Morgan fingerprint density at radius 3 is 2.54 bits per heavy atom. The summed E-state index contributed by atoms with van der Waals surface area (Å²) in [5.41, 5.74) is 5.00. The van der Waals surface area contributed by atoms with Gasteiger partial charge in [-0.2, -0.15) is 0 Å². The summed E-state index contributed by atoms with van der Waals surface area (Å²) in [6, 6.07) is 0. The molecule has 0 aromatic rings. The van der Waals surface area contributed by atoms with Crippen LogP contribution in [0.15, 0.2) is 0 Å². The Bertz CT molecular complexity index is 153. The maximum Gasteiger partial charge on any atom is 0.0686 e. The van der Waals surface area contributed by atoms with E-state index >= 15 is 0 Å². The molecule has 0 radical (unpaired) electrons. The van der Waals surface area contributed by atoms with E-state index in [1.165, 1.54) is 0 Å². The predicted octanol–water partition coefficient (Wildman–Crippen LogP) is 0.332. The van der Waals surface area contributed by atoms with Crippen molar-refractivity contribution in [2.75, 3.05) is 19.6 Å². The number of rotatable bonds is 3. The molecule has 2 unspecified atom stereocenters. The van der Waals surface area contributed by atoms with Crippen molar-refractivity contribution in [2.24, 2.45) is 17.6 Å². The summed E-state index contributed by atoms with van der Waals surface area (Å²) in [4.78, 5) is 0. The van der Waals surface area contributed by atoms with Gasteiger partial charge in [0, 0.05) is 0 Å². The maximum atomic E-state index is 10.3. The zero-order valence-corrected chi connectivity index (χ0v) is 8.71. The fraction of sp³-hybridized carbons (Fsp3) is 1.00. The molecule has 0 saturated carbocycles. The van der Waals surface area contributed by atoms with Gasteiger partial charge in [0.15, 0.2) is 0 Å². The monoisotopic (exact) mass is 186 g/mol. The van der Waals surface area contributed by atoms with E-state index < -0.39 is 5.60 Å². The Hall–Kier alpha value is -0.120. The Labute approximate surface area is 80.7 Å². The summed E-state index contributed by atoms with van der Waals surface area (Å²) in [7, 11) is 0. The minimum atomic E-state index is -0.586. The highest BCUT2D eigenvalue weighted by Gasteiger charge is 2.36. The first-order chi connectivity index (χ1) is 6.09. The number of aliphatic hydroxyl groups is 1. The van der Waals surface area contributed by atoms with E-state index in [1.807, 2.05) is 13.8 Å². The molecule has 0 aliphatic carbocycles. The first-order valence-electron chi connectivity index (χ1n) is 5.22.